The van der Waals surface area contributed by atoms with E-state index in [1.165, 1.54) is 44.5 Å². The van der Waals surface area contributed by atoms with Gasteiger partial charge in [-0.1, -0.05) is 44.6 Å². The van der Waals surface area contributed by atoms with Crippen molar-refractivity contribution in [2.45, 2.75) is 46.0 Å². The fraction of sp³-hybridized carbons (Fsp3) is 0.545. The van der Waals surface area contributed by atoms with Crippen LogP contribution < -0.4 is 5.48 Å². The Hall–Kier alpha value is -1.65. The maximum absolute atomic E-state index is 13.0. The molecule has 4 heteroatoms. The highest BCUT2D eigenvalue weighted by atomic mass is 19.1. The van der Waals surface area contributed by atoms with Crippen LogP contribution in [0.15, 0.2) is 42.1 Å². The van der Waals surface area contributed by atoms with Gasteiger partial charge in [-0.05, 0) is 68.5 Å². The maximum Gasteiger partial charge on any atom is 0.123 e. The molecule has 0 atom stereocenters. The van der Waals surface area contributed by atoms with Gasteiger partial charge >= 0.3 is 0 Å². The molecule has 1 fully saturated rings. The zero-order chi connectivity index (χ0) is 18.6. The van der Waals surface area contributed by atoms with Crippen molar-refractivity contribution in [3.05, 3.63) is 53.5 Å². The third-order valence-electron chi connectivity index (χ3n) is 4.49. The van der Waals surface area contributed by atoms with Gasteiger partial charge in [-0.15, -0.1) is 0 Å². The minimum Gasteiger partial charge on any atom is -0.303 e. The van der Waals surface area contributed by atoms with Crippen molar-refractivity contribution in [3.63, 3.8) is 0 Å². The highest BCUT2D eigenvalue weighted by molar-refractivity contribution is 5.52. The normalized spacial score (nSPS) is 16.5. The second-order valence-corrected chi connectivity index (χ2v) is 7.38. The molecule has 0 amide bonds. The van der Waals surface area contributed by atoms with Gasteiger partial charge in [0.15, 0.2) is 0 Å². The Balaban J connectivity index is 1.76. The lowest BCUT2D eigenvalue weighted by Crippen LogP contribution is -2.31. The predicted molar refractivity (Wildman–Crippen MR) is 107 cm³/mol. The summed E-state index contributed by atoms with van der Waals surface area (Å²) in [6.45, 7) is 8.65. The minimum absolute atomic E-state index is 0.215. The second kappa shape index (κ2) is 11.9. The number of allylic oxidation sites excluding steroid dienone is 2. The highest BCUT2D eigenvalue weighted by Gasteiger charge is 2.08. The average molecular weight is 361 g/mol. The fourth-order valence-electron chi connectivity index (χ4n) is 2.94. The van der Waals surface area contributed by atoms with Gasteiger partial charge in [-0.3, -0.25) is 10.3 Å². The summed E-state index contributed by atoms with van der Waals surface area (Å²) < 4.78 is 13.0. The van der Waals surface area contributed by atoms with Crippen molar-refractivity contribution < 1.29 is 9.23 Å². The molecular weight excluding hydrogens is 327 g/mol. The molecule has 1 aliphatic rings. The third-order valence-corrected chi connectivity index (χ3v) is 4.49. The van der Waals surface area contributed by atoms with Gasteiger partial charge in [0.05, 0.1) is 12.3 Å². The molecule has 0 bridgehead atoms. The first kappa shape index (κ1) is 20.7. The molecule has 2 rings (SSSR count). The Labute approximate surface area is 157 Å². The van der Waals surface area contributed by atoms with Gasteiger partial charge in [0.2, 0.25) is 0 Å². The van der Waals surface area contributed by atoms with Crippen LogP contribution in [0.1, 0.15) is 51.5 Å². The van der Waals surface area contributed by atoms with Crippen molar-refractivity contribution in [2.24, 2.45) is 5.92 Å². The molecule has 0 unspecified atom stereocenters. The van der Waals surface area contributed by atoms with Crippen molar-refractivity contribution >= 4 is 6.08 Å². The minimum atomic E-state index is -0.215. The van der Waals surface area contributed by atoms with Crippen LogP contribution in [0.4, 0.5) is 4.39 Å². The molecule has 1 saturated heterocycles. The van der Waals surface area contributed by atoms with E-state index in [0.717, 1.165) is 30.6 Å². The van der Waals surface area contributed by atoms with E-state index in [9.17, 15) is 4.39 Å². The van der Waals surface area contributed by atoms with Crippen LogP contribution in [0.5, 0.6) is 0 Å². The smallest absolute Gasteiger partial charge is 0.123 e. The summed E-state index contributed by atoms with van der Waals surface area (Å²) in [6, 6.07) is 6.49. The molecule has 1 aliphatic heterocycles. The van der Waals surface area contributed by atoms with E-state index in [4.69, 9.17) is 4.84 Å². The number of rotatable bonds is 10. The summed E-state index contributed by atoms with van der Waals surface area (Å²) in [4.78, 5) is 8.20. The van der Waals surface area contributed by atoms with Gasteiger partial charge in [0, 0.05) is 6.54 Å². The Morgan fingerprint density at radius 3 is 2.62 bits per heavy atom. The Morgan fingerprint density at radius 1 is 1.19 bits per heavy atom. The number of likely N-dealkylation sites (tertiary alicyclic amines) is 1. The number of hydrogen-bond acceptors (Lipinski definition) is 3. The lowest BCUT2D eigenvalue weighted by atomic mass is 10.1. The van der Waals surface area contributed by atoms with Crippen LogP contribution >= 0.6 is 0 Å². The van der Waals surface area contributed by atoms with Crippen LogP contribution in [-0.2, 0) is 4.84 Å². The number of benzene rings is 1. The molecule has 1 N–H and O–H groups in total. The summed E-state index contributed by atoms with van der Waals surface area (Å²) in [5.41, 5.74) is 4.99. The number of nitrogens with one attached hydrogen (secondary N) is 1. The predicted octanol–water partition coefficient (Wildman–Crippen LogP) is 5.17. The lowest BCUT2D eigenvalue weighted by molar-refractivity contribution is 0.0561. The van der Waals surface area contributed by atoms with Crippen molar-refractivity contribution in [1.29, 1.82) is 0 Å². The summed E-state index contributed by atoms with van der Waals surface area (Å²) in [5.74, 6) is 0.373. The van der Waals surface area contributed by atoms with Gasteiger partial charge in [0.25, 0.3) is 0 Å². The Bertz CT molecular complexity index is 560. The fourth-order valence-corrected chi connectivity index (χ4v) is 2.94. The number of nitrogens with zero attached hydrogens (tertiary/aromatic N) is 1. The summed E-state index contributed by atoms with van der Waals surface area (Å²) >= 11 is 0. The van der Waals surface area contributed by atoms with E-state index in [0.29, 0.717) is 12.5 Å². The molecule has 1 aromatic rings. The number of halogens is 1. The Kier molecular flexibility index (Phi) is 9.43. The van der Waals surface area contributed by atoms with Gasteiger partial charge in [0.1, 0.15) is 5.82 Å². The molecule has 26 heavy (non-hydrogen) atoms. The third kappa shape index (κ3) is 8.63. The molecule has 0 saturated carbocycles. The molecular formula is C22H33FN2O. The van der Waals surface area contributed by atoms with E-state index < -0.39 is 0 Å². The zero-order valence-corrected chi connectivity index (χ0v) is 16.2. The van der Waals surface area contributed by atoms with Gasteiger partial charge in [-0.25, -0.2) is 4.39 Å². The maximum atomic E-state index is 13.0. The average Bonchev–Trinajstić information content (AvgIpc) is 2.65. The molecule has 0 spiro atoms. The van der Waals surface area contributed by atoms with Crippen LogP contribution in [0.25, 0.3) is 6.08 Å². The standard InChI is InChI=1S/C22H33FN2O/c1-19(2)7-13-22(14-10-20-8-11-21(23)12-9-20)24-26-18-6-17-25-15-4-3-5-16-25/h8-14,19,24H,3-7,15-18H2,1-2H3. The van der Waals surface area contributed by atoms with Gasteiger partial charge < -0.3 is 4.90 Å². The molecule has 0 radical (unpaired) electrons. The van der Waals surface area contributed by atoms with E-state index in [2.05, 4.69) is 30.3 Å². The van der Waals surface area contributed by atoms with E-state index in [1.54, 1.807) is 12.1 Å². The molecule has 1 aromatic carbocycles. The lowest BCUT2D eigenvalue weighted by Gasteiger charge is -2.26. The van der Waals surface area contributed by atoms with Crippen LogP contribution in [0, 0.1) is 11.7 Å². The van der Waals surface area contributed by atoms with E-state index >= 15 is 0 Å². The Morgan fingerprint density at radius 2 is 1.92 bits per heavy atom. The van der Waals surface area contributed by atoms with E-state index in [-0.39, 0.29) is 5.82 Å². The first-order valence-electron chi connectivity index (χ1n) is 9.87. The summed E-state index contributed by atoms with van der Waals surface area (Å²) in [7, 11) is 0. The second-order valence-electron chi connectivity index (χ2n) is 7.38. The number of piperidine rings is 1. The molecule has 144 valence electrons. The molecule has 0 aromatic heterocycles. The number of hydrogen-bond donors (Lipinski definition) is 1. The van der Waals surface area contributed by atoms with Crippen LogP contribution in [0.2, 0.25) is 0 Å². The topological polar surface area (TPSA) is 24.5 Å². The van der Waals surface area contributed by atoms with E-state index in [1.807, 2.05) is 12.2 Å². The molecule has 0 aliphatic carbocycles. The largest absolute Gasteiger partial charge is 0.303 e. The highest BCUT2D eigenvalue weighted by Crippen LogP contribution is 2.10. The summed E-state index contributed by atoms with van der Waals surface area (Å²) in [5, 5.41) is 0. The van der Waals surface area contributed by atoms with Crippen molar-refractivity contribution in [2.75, 3.05) is 26.2 Å². The van der Waals surface area contributed by atoms with Crippen LogP contribution in [0.3, 0.4) is 0 Å². The zero-order valence-electron chi connectivity index (χ0n) is 16.2. The molecule has 3 nitrogen and oxygen atoms in total. The SMILES string of the molecule is CC(C)CC=C(C=Cc1ccc(F)cc1)NOCCCN1CCCCC1. The first-order chi connectivity index (χ1) is 12.6. The first-order valence-corrected chi connectivity index (χ1v) is 9.87. The van der Waals surface area contributed by atoms with Crippen molar-refractivity contribution in [1.82, 2.24) is 10.4 Å². The van der Waals surface area contributed by atoms with Crippen LogP contribution in [-0.4, -0.2) is 31.1 Å². The van der Waals surface area contributed by atoms with Gasteiger partial charge in [-0.2, -0.15) is 0 Å². The number of hydroxylamine groups is 1. The van der Waals surface area contributed by atoms with Crippen molar-refractivity contribution in [3.8, 4) is 0 Å². The summed E-state index contributed by atoms with van der Waals surface area (Å²) in [6.07, 6.45) is 12.1. The quantitative estimate of drug-likeness (QED) is 0.354. The molecule has 1 heterocycles. The monoisotopic (exact) mass is 360 g/mol.